The number of pyridine rings is 1. The molecule has 4 nitrogen and oxygen atoms in total. The van der Waals surface area contributed by atoms with E-state index in [4.69, 9.17) is 9.47 Å². The van der Waals surface area contributed by atoms with Crippen LogP contribution in [-0.4, -0.2) is 29.6 Å². The van der Waals surface area contributed by atoms with Crippen LogP contribution in [0.3, 0.4) is 0 Å². The molecule has 4 rings (SSSR count). The van der Waals surface area contributed by atoms with Gasteiger partial charge in [-0.15, -0.1) is 0 Å². The fourth-order valence-electron chi connectivity index (χ4n) is 3.46. The fourth-order valence-corrected chi connectivity index (χ4v) is 3.46. The van der Waals surface area contributed by atoms with Gasteiger partial charge in [0.15, 0.2) is 0 Å². The molecule has 2 atom stereocenters. The Kier molecular flexibility index (Phi) is 4.15. The maximum absolute atomic E-state index is 6.33. The van der Waals surface area contributed by atoms with Crippen molar-refractivity contribution in [3.8, 4) is 11.5 Å². The number of benzene rings is 1. The molecule has 24 heavy (non-hydrogen) atoms. The first-order chi connectivity index (χ1) is 11.7. The molecule has 0 amide bonds. The van der Waals surface area contributed by atoms with E-state index in [9.17, 15) is 0 Å². The van der Waals surface area contributed by atoms with Crippen LogP contribution in [0.4, 0.5) is 0 Å². The molecular formula is C20H24N2O2. The van der Waals surface area contributed by atoms with Gasteiger partial charge in [0, 0.05) is 19.3 Å². The van der Waals surface area contributed by atoms with Crippen molar-refractivity contribution in [2.24, 2.45) is 5.92 Å². The Morgan fingerprint density at radius 1 is 1.21 bits per heavy atom. The maximum atomic E-state index is 6.33. The minimum atomic E-state index is 0.243. The van der Waals surface area contributed by atoms with Gasteiger partial charge in [-0.2, -0.15) is 0 Å². The number of methoxy groups -OCH3 is 1. The highest BCUT2D eigenvalue weighted by molar-refractivity contribution is 5.32. The van der Waals surface area contributed by atoms with Crippen molar-refractivity contribution in [3.05, 3.63) is 53.9 Å². The number of rotatable bonds is 4. The SMILES string of the molecule is COc1ccc(CN2C[C@@H](C3CC3)Oc3cccnc3[C@H]2C)cc1. The third kappa shape index (κ3) is 3.11. The molecule has 2 heterocycles. The molecule has 0 N–H and O–H groups in total. The summed E-state index contributed by atoms with van der Waals surface area (Å²) in [7, 11) is 1.70. The highest BCUT2D eigenvalue weighted by Gasteiger charge is 2.38. The Hall–Kier alpha value is -2.07. The van der Waals surface area contributed by atoms with Crippen LogP contribution in [0.15, 0.2) is 42.6 Å². The molecule has 0 radical (unpaired) electrons. The van der Waals surface area contributed by atoms with E-state index in [0.29, 0.717) is 5.92 Å². The number of hydrogen-bond donors (Lipinski definition) is 0. The maximum Gasteiger partial charge on any atom is 0.142 e. The van der Waals surface area contributed by atoms with Crippen LogP contribution in [0, 0.1) is 5.92 Å². The summed E-state index contributed by atoms with van der Waals surface area (Å²) in [5.41, 5.74) is 2.34. The lowest BCUT2D eigenvalue weighted by molar-refractivity contribution is 0.109. The Balaban J connectivity index is 1.60. The van der Waals surface area contributed by atoms with Crippen molar-refractivity contribution in [2.75, 3.05) is 13.7 Å². The lowest BCUT2D eigenvalue weighted by Gasteiger charge is -2.28. The normalized spacial score (nSPS) is 23.9. The molecule has 1 fully saturated rings. The third-order valence-electron chi connectivity index (χ3n) is 5.13. The van der Waals surface area contributed by atoms with Crippen LogP contribution < -0.4 is 9.47 Å². The quantitative estimate of drug-likeness (QED) is 0.856. The summed E-state index contributed by atoms with van der Waals surface area (Å²) in [6, 6.07) is 12.6. The Labute approximate surface area is 143 Å². The molecule has 1 aliphatic heterocycles. The van der Waals surface area contributed by atoms with Crippen LogP contribution in [0.5, 0.6) is 11.5 Å². The first-order valence-corrected chi connectivity index (χ1v) is 8.73. The number of fused-ring (bicyclic) bond motifs is 1. The highest BCUT2D eigenvalue weighted by atomic mass is 16.5. The van der Waals surface area contributed by atoms with E-state index < -0.39 is 0 Å². The largest absolute Gasteiger partial charge is 0.497 e. The van der Waals surface area contributed by atoms with Gasteiger partial charge < -0.3 is 9.47 Å². The van der Waals surface area contributed by atoms with E-state index in [0.717, 1.165) is 30.3 Å². The molecule has 1 aromatic carbocycles. The second-order valence-corrected chi connectivity index (χ2v) is 6.83. The summed E-state index contributed by atoms with van der Waals surface area (Å²) in [5.74, 6) is 2.55. The zero-order chi connectivity index (χ0) is 16.5. The van der Waals surface area contributed by atoms with Gasteiger partial charge in [-0.1, -0.05) is 12.1 Å². The number of aromatic nitrogens is 1. The molecule has 1 aromatic heterocycles. The Morgan fingerprint density at radius 2 is 2.00 bits per heavy atom. The molecule has 1 aliphatic carbocycles. The fraction of sp³-hybridized carbons (Fsp3) is 0.450. The summed E-state index contributed by atoms with van der Waals surface area (Å²) in [4.78, 5) is 7.10. The van der Waals surface area contributed by atoms with Gasteiger partial charge in [0.2, 0.25) is 0 Å². The van der Waals surface area contributed by atoms with Gasteiger partial charge in [-0.05, 0) is 55.5 Å². The standard InChI is InChI=1S/C20H24N2O2/c1-14-20-18(4-3-11-21-20)24-19(16-7-8-16)13-22(14)12-15-5-9-17(23-2)10-6-15/h3-6,9-11,14,16,19H,7-8,12-13H2,1-2H3/t14-,19+/m1/s1. The Bertz CT molecular complexity index is 697. The average molecular weight is 324 g/mol. The van der Waals surface area contributed by atoms with Gasteiger partial charge in [0.05, 0.1) is 18.8 Å². The summed E-state index contributed by atoms with van der Waals surface area (Å²) < 4.78 is 11.6. The van der Waals surface area contributed by atoms with Crippen LogP contribution >= 0.6 is 0 Å². The van der Waals surface area contributed by atoms with Gasteiger partial charge in [-0.3, -0.25) is 9.88 Å². The van der Waals surface area contributed by atoms with E-state index >= 15 is 0 Å². The minimum Gasteiger partial charge on any atom is -0.497 e. The monoisotopic (exact) mass is 324 g/mol. The summed E-state index contributed by atoms with van der Waals surface area (Å²) in [6.45, 7) is 4.08. The molecule has 0 saturated heterocycles. The second-order valence-electron chi connectivity index (χ2n) is 6.83. The number of hydrogen-bond acceptors (Lipinski definition) is 4. The highest BCUT2D eigenvalue weighted by Crippen LogP contribution is 2.40. The van der Waals surface area contributed by atoms with Gasteiger partial charge >= 0.3 is 0 Å². The Morgan fingerprint density at radius 3 is 2.71 bits per heavy atom. The van der Waals surface area contributed by atoms with Crippen LogP contribution in [0.1, 0.15) is 37.1 Å². The van der Waals surface area contributed by atoms with Gasteiger partial charge in [-0.25, -0.2) is 0 Å². The first-order valence-electron chi connectivity index (χ1n) is 8.73. The molecule has 0 unspecified atom stereocenters. The molecule has 2 aliphatic rings. The van der Waals surface area contributed by atoms with Gasteiger partial charge in [0.25, 0.3) is 0 Å². The van der Waals surface area contributed by atoms with E-state index in [2.05, 4.69) is 35.0 Å². The molecule has 4 heteroatoms. The van der Waals surface area contributed by atoms with Crippen molar-refractivity contribution >= 4 is 0 Å². The van der Waals surface area contributed by atoms with Crippen molar-refractivity contribution in [1.29, 1.82) is 0 Å². The predicted octanol–water partition coefficient (Wildman–Crippen LogP) is 3.82. The summed E-state index contributed by atoms with van der Waals surface area (Å²) in [5, 5.41) is 0. The van der Waals surface area contributed by atoms with Gasteiger partial charge in [0.1, 0.15) is 17.6 Å². The molecule has 0 bridgehead atoms. The van der Waals surface area contributed by atoms with Crippen molar-refractivity contribution < 1.29 is 9.47 Å². The minimum absolute atomic E-state index is 0.243. The predicted molar refractivity (Wildman–Crippen MR) is 93.2 cm³/mol. The van der Waals surface area contributed by atoms with Crippen LogP contribution in [-0.2, 0) is 6.54 Å². The number of nitrogens with zero attached hydrogens (tertiary/aromatic N) is 2. The van der Waals surface area contributed by atoms with Crippen molar-refractivity contribution in [1.82, 2.24) is 9.88 Å². The zero-order valence-electron chi connectivity index (χ0n) is 14.3. The third-order valence-corrected chi connectivity index (χ3v) is 5.13. The first kappa shape index (κ1) is 15.5. The summed E-state index contributed by atoms with van der Waals surface area (Å²) >= 11 is 0. The zero-order valence-corrected chi connectivity index (χ0v) is 14.3. The topological polar surface area (TPSA) is 34.6 Å². The van der Waals surface area contributed by atoms with Crippen LogP contribution in [0.25, 0.3) is 0 Å². The molecule has 126 valence electrons. The van der Waals surface area contributed by atoms with Crippen LogP contribution in [0.2, 0.25) is 0 Å². The smallest absolute Gasteiger partial charge is 0.142 e. The molecule has 1 saturated carbocycles. The second kappa shape index (κ2) is 6.44. The lowest BCUT2D eigenvalue weighted by atomic mass is 10.1. The van der Waals surface area contributed by atoms with E-state index in [-0.39, 0.29) is 12.1 Å². The van der Waals surface area contributed by atoms with Crippen molar-refractivity contribution in [3.63, 3.8) is 0 Å². The lowest BCUT2D eigenvalue weighted by Crippen LogP contribution is -2.35. The summed E-state index contributed by atoms with van der Waals surface area (Å²) in [6.07, 6.45) is 4.70. The van der Waals surface area contributed by atoms with E-state index in [1.54, 1.807) is 7.11 Å². The molecule has 2 aromatic rings. The van der Waals surface area contributed by atoms with E-state index in [1.807, 2.05) is 24.4 Å². The molecule has 0 spiro atoms. The number of ether oxygens (including phenoxy) is 2. The molecular weight excluding hydrogens is 300 g/mol. The van der Waals surface area contributed by atoms with Crippen molar-refractivity contribution in [2.45, 2.75) is 38.5 Å². The average Bonchev–Trinajstić information content (AvgIpc) is 3.46. The van der Waals surface area contributed by atoms with E-state index in [1.165, 1.54) is 18.4 Å².